The Hall–Kier alpha value is 1.18. The Morgan fingerprint density at radius 2 is 1.85 bits per heavy atom. The standard InChI is InChI=1S/C5H6BBrF3N2.K/c1-3-4(6(8,9)10)12(2)11-5(3)7;/h1-2H3;/q-1;+1. The van der Waals surface area contributed by atoms with Crippen molar-refractivity contribution in [3.8, 4) is 0 Å². The van der Waals surface area contributed by atoms with Gasteiger partial charge in [0.1, 0.15) is 4.60 Å². The third-order valence-corrected chi connectivity index (χ3v) is 2.34. The van der Waals surface area contributed by atoms with Gasteiger partial charge in [-0.05, 0) is 34.0 Å². The molecular formula is C5H6BBrF3KN2. The molecule has 1 rings (SSSR count). The van der Waals surface area contributed by atoms with E-state index < -0.39 is 12.6 Å². The number of aromatic nitrogens is 2. The van der Waals surface area contributed by atoms with Crippen molar-refractivity contribution >= 4 is 28.5 Å². The Bertz CT molecular complexity index is 311. The molecular weight excluding hydrogens is 275 g/mol. The van der Waals surface area contributed by atoms with Gasteiger partial charge in [0.15, 0.2) is 0 Å². The van der Waals surface area contributed by atoms with Crippen LogP contribution in [0.4, 0.5) is 12.9 Å². The summed E-state index contributed by atoms with van der Waals surface area (Å²) < 4.78 is 38.0. The molecule has 13 heavy (non-hydrogen) atoms. The van der Waals surface area contributed by atoms with Crippen LogP contribution in [0.1, 0.15) is 5.56 Å². The van der Waals surface area contributed by atoms with Crippen molar-refractivity contribution in [2.75, 3.05) is 0 Å². The molecule has 1 aromatic rings. The molecule has 0 aliphatic rings. The van der Waals surface area contributed by atoms with E-state index in [1.54, 1.807) is 0 Å². The van der Waals surface area contributed by atoms with Crippen molar-refractivity contribution in [3.63, 3.8) is 0 Å². The van der Waals surface area contributed by atoms with E-state index in [-0.39, 0.29) is 61.6 Å². The first-order valence-corrected chi connectivity index (χ1v) is 4.02. The third-order valence-electron chi connectivity index (χ3n) is 1.59. The normalized spacial score (nSPS) is 11.2. The second-order valence-corrected chi connectivity index (χ2v) is 3.25. The first-order chi connectivity index (χ1) is 5.34. The fraction of sp³-hybridized carbons (Fsp3) is 0.400. The minimum Gasteiger partial charge on any atom is -0.444 e. The van der Waals surface area contributed by atoms with Crippen LogP contribution in [0, 0.1) is 6.92 Å². The summed E-state index contributed by atoms with van der Waals surface area (Å²) in [6, 6.07) is 0. The monoisotopic (exact) mass is 280 g/mol. The molecule has 0 saturated heterocycles. The van der Waals surface area contributed by atoms with Crippen LogP contribution >= 0.6 is 15.9 Å². The van der Waals surface area contributed by atoms with Gasteiger partial charge in [-0.15, -0.1) is 0 Å². The molecule has 0 fully saturated rings. The second-order valence-electron chi connectivity index (χ2n) is 2.50. The predicted octanol–water partition coefficient (Wildman–Crippen LogP) is -1.45. The van der Waals surface area contributed by atoms with Gasteiger partial charge < -0.3 is 17.6 Å². The topological polar surface area (TPSA) is 17.8 Å². The number of rotatable bonds is 1. The second kappa shape index (κ2) is 4.80. The van der Waals surface area contributed by atoms with E-state index in [0.717, 1.165) is 4.68 Å². The summed E-state index contributed by atoms with van der Waals surface area (Å²) >= 11 is 2.94. The Morgan fingerprint density at radius 3 is 2.00 bits per heavy atom. The molecule has 0 N–H and O–H groups in total. The van der Waals surface area contributed by atoms with Gasteiger partial charge in [0.05, 0.1) is 0 Å². The van der Waals surface area contributed by atoms with Crippen LogP contribution in [-0.2, 0) is 7.05 Å². The first-order valence-electron chi connectivity index (χ1n) is 3.23. The summed E-state index contributed by atoms with van der Waals surface area (Å²) in [5.74, 6) is 0. The zero-order valence-corrected chi connectivity index (χ0v) is 12.2. The van der Waals surface area contributed by atoms with Gasteiger partial charge in [-0.3, -0.25) is 0 Å². The summed E-state index contributed by atoms with van der Waals surface area (Å²) in [6.45, 7) is -3.57. The Kier molecular flexibility index (Phi) is 5.24. The molecule has 0 radical (unpaired) electrons. The molecule has 0 aliphatic heterocycles. The maximum Gasteiger partial charge on any atom is 1.00 e. The van der Waals surface area contributed by atoms with Crippen LogP contribution in [0.25, 0.3) is 0 Å². The molecule has 0 bridgehead atoms. The molecule has 8 heteroatoms. The van der Waals surface area contributed by atoms with Crippen LogP contribution in [0.2, 0.25) is 0 Å². The number of nitrogens with zero attached hydrogens (tertiary/aromatic N) is 2. The molecule has 68 valence electrons. The van der Waals surface area contributed by atoms with Crippen LogP contribution in [0.15, 0.2) is 4.60 Å². The van der Waals surface area contributed by atoms with Gasteiger partial charge in [0, 0.05) is 7.05 Å². The Morgan fingerprint density at radius 1 is 1.38 bits per heavy atom. The average Bonchev–Trinajstić information content (AvgIpc) is 2.05. The van der Waals surface area contributed by atoms with Crippen molar-refractivity contribution in [2.45, 2.75) is 6.92 Å². The molecule has 0 aliphatic carbocycles. The van der Waals surface area contributed by atoms with Gasteiger partial charge in [-0.25, -0.2) is 0 Å². The van der Waals surface area contributed by atoms with E-state index in [4.69, 9.17) is 0 Å². The number of hydrogen-bond acceptors (Lipinski definition) is 1. The van der Waals surface area contributed by atoms with E-state index in [9.17, 15) is 12.9 Å². The maximum absolute atomic E-state index is 12.3. The molecule has 0 unspecified atom stereocenters. The first kappa shape index (κ1) is 14.2. The quantitative estimate of drug-likeness (QED) is 0.576. The summed E-state index contributed by atoms with van der Waals surface area (Å²) in [5, 5.41) is 3.61. The SMILES string of the molecule is Cc1c(Br)nn(C)c1[B-](F)(F)F.[K+]. The van der Waals surface area contributed by atoms with Crippen LogP contribution < -0.4 is 57.0 Å². The van der Waals surface area contributed by atoms with Crippen LogP contribution in [0.3, 0.4) is 0 Å². The molecule has 0 saturated carbocycles. The molecule has 0 atom stereocenters. The third kappa shape index (κ3) is 3.07. The van der Waals surface area contributed by atoms with Crippen molar-refractivity contribution in [3.05, 3.63) is 10.2 Å². The van der Waals surface area contributed by atoms with Gasteiger partial charge in [-0.2, -0.15) is 5.10 Å². The Labute approximate surface area is 125 Å². The summed E-state index contributed by atoms with van der Waals surface area (Å²) in [7, 11) is 1.28. The molecule has 1 aromatic heterocycles. The summed E-state index contributed by atoms with van der Waals surface area (Å²) in [6.07, 6.45) is 0. The largest absolute Gasteiger partial charge is 1.00 e. The zero-order valence-electron chi connectivity index (χ0n) is 7.48. The van der Waals surface area contributed by atoms with Crippen molar-refractivity contribution in [2.24, 2.45) is 7.05 Å². The summed E-state index contributed by atoms with van der Waals surface area (Å²) in [4.78, 5) is 0. The van der Waals surface area contributed by atoms with E-state index in [1.807, 2.05) is 0 Å². The van der Waals surface area contributed by atoms with E-state index >= 15 is 0 Å². The minimum absolute atomic E-state index is 0. The fourth-order valence-corrected chi connectivity index (χ4v) is 1.51. The zero-order chi connectivity index (χ0) is 9.52. The van der Waals surface area contributed by atoms with Gasteiger partial charge in [0.25, 0.3) is 0 Å². The van der Waals surface area contributed by atoms with Gasteiger partial charge in [-0.1, -0.05) is 0 Å². The van der Waals surface area contributed by atoms with Crippen molar-refractivity contribution in [1.29, 1.82) is 0 Å². The summed E-state index contributed by atoms with van der Waals surface area (Å²) in [5.41, 5.74) is -0.508. The number of hydrogen-bond donors (Lipinski definition) is 0. The minimum atomic E-state index is -4.96. The predicted molar refractivity (Wildman–Crippen MR) is 44.4 cm³/mol. The number of aryl methyl sites for hydroxylation is 1. The van der Waals surface area contributed by atoms with Crippen LogP contribution in [-0.4, -0.2) is 16.8 Å². The van der Waals surface area contributed by atoms with E-state index in [2.05, 4.69) is 21.0 Å². The van der Waals surface area contributed by atoms with Gasteiger partial charge in [0.2, 0.25) is 0 Å². The Balaban J connectivity index is 0.00000144. The molecule has 0 amide bonds. The molecule has 0 aromatic carbocycles. The van der Waals surface area contributed by atoms with E-state index in [1.165, 1.54) is 14.0 Å². The maximum atomic E-state index is 12.3. The van der Waals surface area contributed by atoms with Crippen LogP contribution in [0.5, 0.6) is 0 Å². The average molecular weight is 281 g/mol. The van der Waals surface area contributed by atoms with Crippen molar-refractivity contribution in [1.82, 2.24) is 9.78 Å². The van der Waals surface area contributed by atoms with Crippen molar-refractivity contribution < 1.29 is 64.3 Å². The molecule has 1 heterocycles. The number of halogens is 4. The molecule has 2 nitrogen and oxygen atoms in total. The van der Waals surface area contributed by atoms with Gasteiger partial charge >= 0.3 is 58.4 Å². The fourth-order valence-electron chi connectivity index (χ4n) is 1.07. The molecule has 0 spiro atoms. The van der Waals surface area contributed by atoms with E-state index in [0.29, 0.717) is 0 Å². The smallest absolute Gasteiger partial charge is 0.444 e.